The van der Waals surface area contributed by atoms with Crippen molar-refractivity contribution in [2.45, 2.75) is 33.5 Å². The number of ether oxygens (including phenoxy) is 1. The zero-order valence-corrected chi connectivity index (χ0v) is 16.5. The van der Waals surface area contributed by atoms with Crippen LogP contribution in [0.25, 0.3) is 10.8 Å². The summed E-state index contributed by atoms with van der Waals surface area (Å²) in [5.41, 5.74) is 2.46. The van der Waals surface area contributed by atoms with Crippen molar-refractivity contribution in [1.82, 2.24) is 15.6 Å². The number of halogens is 2. The molecule has 0 fully saturated rings. The molecule has 0 saturated heterocycles. The van der Waals surface area contributed by atoms with Gasteiger partial charge in [0.1, 0.15) is 5.75 Å². The SMILES string of the molecule is CCNC(=NCc1cc(C)ccc1OC(F)F)NCc1nccc2ccccc12. The second-order valence-electron chi connectivity index (χ2n) is 6.52. The predicted molar refractivity (Wildman–Crippen MR) is 111 cm³/mol. The van der Waals surface area contributed by atoms with Crippen molar-refractivity contribution in [1.29, 1.82) is 0 Å². The van der Waals surface area contributed by atoms with Gasteiger partial charge in [-0.3, -0.25) is 4.98 Å². The summed E-state index contributed by atoms with van der Waals surface area (Å²) < 4.78 is 30.0. The lowest BCUT2D eigenvalue weighted by Crippen LogP contribution is -2.37. The van der Waals surface area contributed by atoms with Crippen LogP contribution in [0, 0.1) is 6.92 Å². The van der Waals surface area contributed by atoms with Crippen molar-refractivity contribution in [2.24, 2.45) is 4.99 Å². The minimum absolute atomic E-state index is 0.140. The van der Waals surface area contributed by atoms with Gasteiger partial charge in [0.2, 0.25) is 0 Å². The number of hydrogen-bond donors (Lipinski definition) is 2. The number of hydrogen-bond acceptors (Lipinski definition) is 3. The van der Waals surface area contributed by atoms with Crippen LogP contribution < -0.4 is 15.4 Å². The number of aliphatic imine (C=N–C) groups is 1. The van der Waals surface area contributed by atoms with Gasteiger partial charge in [0.05, 0.1) is 18.8 Å². The van der Waals surface area contributed by atoms with E-state index >= 15 is 0 Å². The van der Waals surface area contributed by atoms with Crippen LogP contribution in [-0.4, -0.2) is 24.1 Å². The van der Waals surface area contributed by atoms with Crippen molar-refractivity contribution < 1.29 is 13.5 Å². The number of pyridine rings is 1. The summed E-state index contributed by atoms with van der Waals surface area (Å²) in [4.78, 5) is 9.00. The first kappa shape index (κ1) is 20.5. The summed E-state index contributed by atoms with van der Waals surface area (Å²) >= 11 is 0. The molecular weight excluding hydrogens is 374 g/mol. The van der Waals surface area contributed by atoms with E-state index in [-0.39, 0.29) is 12.3 Å². The molecule has 0 radical (unpaired) electrons. The normalized spacial score (nSPS) is 11.7. The summed E-state index contributed by atoms with van der Waals surface area (Å²) in [5, 5.41) is 8.62. The maximum atomic E-state index is 12.7. The quantitative estimate of drug-likeness (QED) is 0.458. The van der Waals surface area contributed by atoms with Gasteiger partial charge < -0.3 is 15.4 Å². The average Bonchev–Trinajstić information content (AvgIpc) is 2.71. The second kappa shape index (κ2) is 9.82. The topological polar surface area (TPSA) is 58.5 Å². The third kappa shape index (κ3) is 5.63. The van der Waals surface area contributed by atoms with E-state index in [0.717, 1.165) is 22.0 Å². The summed E-state index contributed by atoms with van der Waals surface area (Å²) in [6.07, 6.45) is 1.78. The van der Waals surface area contributed by atoms with E-state index in [1.54, 1.807) is 24.4 Å². The highest BCUT2D eigenvalue weighted by Crippen LogP contribution is 2.23. The molecule has 0 amide bonds. The monoisotopic (exact) mass is 398 g/mol. The molecule has 0 saturated carbocycles. The number of nitrogens with zero attached hydrogens (tertiary/aromatic N) is 2. The van der Waals surface area contributed by atoms with Crippen LogP contribution >= 0.6 is 0 Å². The highest BCUT2D eigenvalue weighted by Gasteiger charge is 2.10. The second-order valence-corrected chi connectivity index (χ2v) is 6.52. The van der Waals surface area contributed by atoms with Gasteiger partial charge in [-0.25, -0.2) is 4.99 Å². The average molecular weight is 398 g/mol. The Bertz CT molecular complexity index is 986. The standard InChI is InChI=1S/C22H24F2N4O/c1-3-25-22(27-13-17-12-15(2)8-9-20(17)29-21(23)24)28-14-19-18-7-5-4-6-16(18)10-11-26-19/h4-12,21H,3,13-14H2,1-2H3,(H2,25,27,28). The molecule has 5 nitrogen and oxygen atoms in total. The third-order valence-corrected chi connectivity index (χ3v) is 4.36. The molecular formula is C22H24F2N4O. The van der Waals surface area contributed by atoms with Crippen molar-refractivity contribution >= 4 is 16.7 Å². The van der Waals surface area contributed by atoms with Gasteiger partial charge in [0.15, 0.2) is 5.96 Å². The Balaban J connectivity index is 1.76. The Hall–Kier alpha value is -3.22. The summed E-state index contributed by atoms with van der Waals surface area (Å²) in [6.45, 7) is 2.36. The number of rotatable bonds is 7. The summed E-state index contributed by atoms with van der Waals surface area (Å²) in [6, 6.07) is 15.1. The lowest BCUT2D eigenvalue weighted by Gasteiger charge is -2.14. The largest absolute Gasteiger partial charge is 0.434 e. The Morgan fingerprint density at radius 2 is 1.97 bits per heavy atom. The van der Waals surface area contributed by atoms with Crippen LogP contribution in [0.4, 0.5) is 8.78 Å². The minimum atomic E-state index is -2.87. The molecule has 0 bridgehead atoms. The molecule has 0 aliphatic heterocycles. The van der Waals surface area contributed by atoms with Gasteiger partial charge in [-0.15, -0.1) is 0 Å². The zero-order chi connectivity index (χ0) is 20.6. The first-order valence-corrected chi connectivity index (χ1v) is 9.46. The molecule has 2 N–H and O–H groups in total. The van der Waals surface area contributed by atoms with E-state index in [9.17, 15) is 8.78 Å². The summed E-state index contributed by atoms with van der Waals surface area (Å²) in [7, 11) is 0. The van der Waals surface area contributed by atoms with E-state index in [0.29, 0.717) is 24.6 Å². The molecule has 1 heterocycles. The molecule has 152 valence electrons. The van der Waals surface area contributed by atoms with Crippen molar-refractivity contribution in [3.63, 3.8) is 0 Å². The number of aryl methyl sites for hydroxylation is 1. The van der Waals surface area contributed by atoms with Gasteiger partial charge in [0.25, 0.3) is 0 Å². The van der Waals surface area contributed by atoms with Crippen LogP contribution in [0.2, 0.25) is 0 Å². The van der Waals surface area contributed by atoms with E-state index in [2.05, 4.69) is 25.3 Å². The molecule has 3 aromatic rings. The Morgan fingerprint density at radius 3 is 2.76 bits per heavy atom. The van der Waals surface area contributed by atoms with Gasteiger partial charge >= 0.3 is 6.61 Å². The van der Waals surface area contributed by atoms with Crippen LogP contribution in [0.3, 0.4) is 0 Å². The highest BCUT2D eigenvalue weighted by atomic mass is 19.3. The maximum Gasteiger partial charge on any atom is 0.387 e. The Morgan fingerprint density at radius 1 is 1.14 bits per heavy atom. The number of guanidine groups is 1. The molecule has 29 heavy (non-hydrogen) atoms. The maximum absolute atomic E-state index is 12.7. The summed E-state index contributed by atoms with van der Waals surface area (Å²) in [5.74, 6) is 0.715. The van der Waals surface area contributed by atoms with E-state index in [1.165, 1.54) is 0 Å². The van der Waals surface area contributed by atoms with Crippen molar-refractivity contribution in [2.75, 3.05) is 6.54 Å². The van der Waals surface area contributed by atoms with Crippen molar-refractivity contribution in [3.05, 3.63) is 71.5 Å². The van der Waals surface area contributed by atoms with Gasteiger partial charge in [-0.2, -0.15) is 8.78 Å². The minimum Gasteiger partial charge on any atom is -0.434 e. The smallest absolute Gasteiger partial charge is 0.387 e. The molecule has 7 heteroatoms. The fraction of sp³-hybridized carbons (Fsp3) is 0.273. The fourth-order valence-electron chi connectivity index (χ4n) is 3.04. The lowest BCUT2D eigenvalue weighted by atomic mass is 10.1. The molecule has 0 aliphatic carbocycles. The first-order chi connectivity index (χ1) is 14.1. The zero-order valence-electron chi connectivity index (χ0n) is 16.5. The van der Waals surface area contributed by atoms with E-state index < -0.39 is 6.61 Å². The van der Waals surface area contributed by atoms with Gasteiger partial charge in [-0.05, 0) is 31.4 Å². The molecule has 0 aliphatic rings. The number of nitrogens with one attached hydrogen (secondary N) is 2. The number of benzene rings is 2. The number of fused-ring (bicyclic) bond motifs is 1. The molecule has 1 aromatic heterocycles. The van der Waals surface area contributed by atoms with Gasteiger partial charge in [-0.1, -0.05) is 42.0 Å². The lowest BCUT2D eigenvalue weighted by molar-refractivity contribution is -0.0504. The van der Waals surface area contributed by atoms with Crippen LogP contribution in [-0.2, 0) is 13.1 Å². The third-order valence-electron chi connectivity index (χ3n) is 4.36. The van der Waals surface area contributed by atoms with Crippen molar-refractivity contribution in [3.8, 4) is 5.75 Å². The number of alkyl halides is 2. The van der Waals surface area contributed by atoms with E-state index in [1.807, 2.05) is 44.2 Å². The van der Waals surface area contributed by atoms with E-state index in [4.69, 9.17) is 0 Å². The molecule has 3 rings (SSSR count). The molecule has 2 aromatic carbocycles. The number of aromatic nitrogens is 1. The predicted octanol–water partition coefficient (Wildman–Crippen LogP) is 4.40. The Kier molecular flexibility index (Phi) is 6.94. The van der Waals surface area contributed by atoms with Crippen LogP contribution in [0.5, 0.6) is 5.75 Å². The molecule has 0 atom stereocenters. The Labute approximate surface area is 168 Å². The highest BCUT2D eigenvalue weighted by molar-refractivity contribution is 5.85. The van der Waals surface area contributed by atoms with Crippen LogP contribution in [0.15, 0.2) is 59.7 Å². The fourth-order valence-corrected chi connectivity index (χ4v) is 3.04. The first-order valence-electron chi connectivity index (χ1n) is 9.46. The molecule has 0 spiro atoms. The van der Waals surface area contributed by atoms with Crippen LogP contribution in [0.1, 0.15) is 23.7 Å². The molecule has 0 unspecified atom stereocenters. The van der Waals surface area contributed by atoms with Gasteiger partial charge in [0, 0.05) is 23.7 Å².